The molecule has 0 spiro atoms. The number of amides is 4. The summed E-state index contributed by atoms with van der Waals surface area (Å²) in [6.45, 7) is 7.98. The van der Waals surface area contributed by atoms with Crippen LogP contribution in [0.1, 0.15) is 88.2 Å². The number of anilines is 2. The maximum atomic E-state index is 14.2. The van der Waals surface area contributed by atoms with Crippen molar-refractivity contribution in [2.75, 3.05) is 23.8 Å². The highest BCUT2D eigenvalue weighted by molar-refractivity contribution is 6.44. The number of nitrogens with zero attached hydrogens (tertiary/aromatic N) is 4. The fourth-order valence-corrected chi connectivity index (χ4v) is 7.84. The number of carbonyl (C=O) groups is 6. The van der Waals surface area contributed by atoms with Gasteiger partial charge in [-0.2, -0.15) is 10.5 Å². The van der Waals surface area contributed by atoms with E-state index in [2.05, 4.69) is 33.8 Å². The van der Waals surface area contributed by atoms with Gasteiger partial charge in [-0.1, -0.05) is 12.0 Å². The third-order valence-electron chi connectivity index (χ3n) is 11.4. The summed E-state index contributed by atoms with van der Waals surface area (Å²) in [5.41, 5.74) is -3.33. The summed E-state index contributed by atoms with van der Waals surface area (Å²) in [5, 5.41) is 39.1. The van der Waals surface area contributed by atoms with Gasteiger partial charge in [0.2, 0.25) is 0 Å². The van der Waals surface area contributed by atoms with Crippen LogP contribution >= 0.6 is 0 Å². The van der Waals surface area contributed by atoms with Crippen molar-refractivity contribution in [1.82, 2.24) is 19.8 Å². The van der Waals surface area contributed by atoms with Crippen molar-refractivity contribution in [3.8, 4) is 24.5 Å². The quantitative estimate of drug-likeness (QED) is 0.0535. The van der Waals surface area contributed by atoms with Gasteiger partial charge in [0, 0.05) is 49.2 Å². The second kappa shape index (κ2) is 17.3. The summed E-state index contributed by atoms with van der Waals surface area (Å²) in [6, 6.07) is 10.0. The zero-order valence-corrected chi connectivity index (χ0v) is 34.5. The van der Waals surface area contributed by atoms with E-state index in [1.165, 1.54) is 55.2 Å². The molecule has 0 radical (unpaired) electrons. The molecule has 2 fully saturated rings. The Bertz CT molecular complexity index is 2790. The first-order valence-electron chi connectivity index (χ1n) is 19.3. The number of Topliss-reactive ketones (excluding diaryl/α,β-unsaturated/α-hetero) is 2. The number of aliphatic hydroxyl groups excluding tert-OH is 1. The van der Waals surface area contributed by atoms with E-state index in [9.17, 15) is 53.2 Å². The number of hydrogen-bond acceptors (Lipinski definition) is 10. The molecule has 4 amide bonds. The Kier molecular flexibility index (Phi) is 12.3. The number of terminal acetylenes is 1. The molecule has 5 N–H and O–H groups in total. The average Bonchev–Trinajstić information content (AvgIpc) is 3.63. The minimum absolute atomic E-state index is 0.00324. The molecule has 1 aliphatic carbocycles. The fourth-order valence-electron chi connectivity index (χ4n) is 7.84. The van der Waals surface area contributed by atoms with E-state index in [1.54, 1.807) is 12.1 Å². The second-order valence-corrected chi connectivity index (χ2v) is 15.4. The van der Waals surface area contributed by atoms with Crippen LogP contribution in [-0.4, -0.2) is 79.8 Å². The predicted octanol–water partition coefficient (Wildman–Crippen LogP) is 3.60. The van der Waals surface area contributed by atoms with E-state index in [0.29, 0.717) is 0 Å². The molecule has 63 heavy (non-hydrogen) atoms. The summed E-state index contributed by atoms with van der Waals surface area (Å²) in [5.74, 6) is -5.17. The lowest BCUT2D eigenvalue weighted by atomic mass is 9.75. The molecule has 4 aromatic rings. The van der Waals surface area contributed by atoms with Crippen molar-refractivity contribution in [3.05, 3.63) is 117 Å². The molecule has 16 nitrogen and oxygen atoms in total. The standard InChI is InChI=1S/C45H40F2N8O8/c1-7-44(17-30(56)18-44)52-43(62)39(58)35-24(4)54(6)37(41(60)51-29-10-12-33(47)27(16-29)20-49)31(35)13-14-55-25(5)34(38(57)42(61)53-45(8-2)21-63-22-45)23(3)36(55)40(59)50-28-9-11-32(46)26(15-28)19-48/h1,8-12,15-16,30,56H,2,13-14,17-18,21-22H2,3-6H3,(H,50,59)(H,51,60)(H,52,62)(H,53,61). The number of benzene rings is 2. The number of aromatic nitrogens is 2. The molecule has 322 valence electrons. The number of carbonyl (C=O) groups excluding carboxylic acids is 6. The van der Waals surface area contributed by atoms with Gasteiger partial charge in [0.25, 0.3) is 35.2 Å². The first-order valence-corrected chi connectivity index (χ1v) is 19.3. The number of halogens is 2. The fraction of sp³-hybridized carbons (Fsp3) is 0.289. The second-order valence-electron chi connectivity index (χ2n) is 15.4. The van der Waals surface area contributed by atoms with E-state index < -0.39 is 64.0 Å². The number of nitrogens with one attached hydrogen (secondary N) is 4. The predicted molar refractivity (Wildman–Crippen MR) is 221 cm³/mol. The Labute approximate surface area is 359 Å². The van der Waals surface area contributed by atoms with Gasteiger partial charge < -0.3 is 40.2 Å². The maximum Gasteiger partial charge on any atom is 0.293 e. The monoisotopic (exact) mass is 858 g/mol. The van der Waals surface area contributed by atoms with Gasteiger partial charge in [0.15, 0.2) is 0 Å². The van der Waals surface area contributed by atoms with Gasteiger partial charge in [0.05, 0.1) is 41.6 Å². The summed E-state index contributed by atoms with van der Waals surface area (Å²) in [4.78, 5) is 83.7. The van der Waals surface area contributed by atoms with Gasteiger partial charge in [-0.25, -0.2) is 8.78 Å². The normalized spacial score (nSPS) is 17.0. The highest BCUT2D eigenvalue weighted by Gasteiger charge is 2.45. The van der Waals surface area contributed by atoms with Crippen LogP contribution in [0.15, 0.2) is 49.1 Å². The number of aliphatic hydroxyl groups is 1. The van der Waals surface area contributed by atoms with Crippen LogP contribution in [0.4, 0.5) is 20.2 Å². The molecule has 0 unspecified atom stereocenters. The molecule has 2 aromatic carbocycles. The Morgan fingerprint density at radius 2 is 1.40 bits per heavy atom. The lowest BCUT2D eigenvalue weighted by Gasteiger charge is -2.41. The molecule has 2 aliphatic rings. The largest absolute Gasteiger partial charge is 0.393 e. The van der Waals surface area contributed by atoms with E-state index >= 15 is 0 Å². The number of rotatable bonds is 14. The van der Waals surface area contributed by atoms with Crippen molar-refractivity contribution in [1.29, 1.82) is 10.5 Å². The molecule has 1 aliphatic heterocycles. The van der Waals surface area contributed by atoms with Crippen LogP contribution in [0.5, 0.6) is 0 Å². The van der Waals surface area contributed by atoms with E-state index in [0.717, 1.165) is 24.3 Å². The van der Waals surface area contributed by atoms with Crippen molar-refractivity contribution in [3.63, 3.8) is 0 Å². The molecule has 2 aromatic heterocycles. The average molecular weight is 859 g/mol. The van der Waals surface area contributed by atoms with Crippen LogP contribution in [0.2, 0.25) is 0 Å². The van der Waals surface area contributed by atoms with Crippen molar-refractivity contribution >= 4 is 46.6 Å². The molecule has 6 rings (SSSR count). The number of ether oxygens (including phenoxy) is 1. The van der Waals surface area contributed by atoms with Gasteiger partial charge in [0.1, 0.15) is 46.2 Å². The van der Waals surface area contributed by atoms with E-state index in [1.807, 2.05) is 0 Å². The minimum atomic E-state index is -1.30. The minimum Gasteiger partial charge on any atom is -0.393 e. The number of ketones is 2. The Hall–Kier alpha value is -7.72. The van der Waals surface area contributed by atoms with Gasteiger partial charge >= 0.3 is 0 Å². The van der Waals surface area contributed by atoms with Crippen LogP contribution in [-0.2, 0) is 34.3 Å². The van der Waals surface area contributed by atoms with Crippen molar-refractivity contribution in [2.45, 2.75) is 63.8 Å². The van der Waals surface area contributed by atoms with Gasteiger partial charge in [-0.3, -0.25) is 28.8 Å². The SMILES string of the molecule is C#CC1(NC(=O)C(=O)c2c(CCn3c(C)c(C(=O)C(=O)NC4(C=C)COC4)c(C)c3C(=O)Nc3ccc(F)c(C#N)c3)c(C(=O)Nc3ccc(F)c(C#N)c3)n(C)c2C)CC(O)C1. The summed E-state index contributed by atoms with van der Waals surface area (Å²) in [7, 11) is 1.46. The third-order valence-corrected chi connectivity index (χ3v) is 11.4. The maximum absolute atomic E-state index is 14.2. The smallest absolute Gasteiger partial charge is 0.293 e. The van der Waals surface area contributed by atoms with Crippen LogP contribution in [0.25, 0.3) is 0 Å². The molecule has 0 atom stereocenters. The Morgan fingerprint density at radius 3 is 1.87 bits per heavy atom. The Balaban J connectivity index is 1.45. The molecule has 1 saturated carbocycles. The highest BCUT2D eigenvalue weighted by atomic mass is 19.1. The van der Waals surface area contributed by atoms with Crippen molar-refractivity contribution in [2.24, 2.45) is 7.05 Å². The summed E-state index contributed by atoms with van der Waals surface area (Å²) in [6.07, 6.45) is 6.01. The highest BCUT2D eigenvalue weighted by Crippen LogP contribution is 2.33. The number of hydrogen-bond donors (Lipinski definition) is 5. The topological polar surface area (TPSA) is 237 Å². The molecule has 3 heterocycles. The molecule has 1 saturated heterocycles. The Morgan fingerprint density at radius 1 is 0.873 bits per heavy atom. The van der Waals surface area contributed by atoms with Crippen molar-refractivity contribution < 1.29 is 47.4 Å². The zero-order chi connectivity index (χ0) is 46.1. The lowest BCUT2D eigenvalue weighted by molar-refractivity contribution is -0.124. The molecule has 18 heteroatoms. The molecular weight excluding hydrogens is 819 g/mol. The van der Waals surface area contributed by atoms with Crippen LogP contribution < -0.4 is 21.3 Å². The van der Waals surface area contributed by atoms with Gasteiger partial charge in [-0.05, 0) is 74.7 Å². The first kappa shape index (κ1) is 44.8. The lowest BCUT2D eigenvalue weighted by Crippen LogP contribution is -2.61. The van der Waals surface area contributed by atoms with E-state index in [-0.39, 0.29) is 107 Å². The number of nitriles is 2. The molecule has 0 bridgehead atoms. The van der Waals surface area contributed by atoms with E-state index in [4.69, 9.17) is 11.2 Å². The summed E-state index contributed by atoms with van der Waals surface area (Å²) < 4.78 is 36.4. The third kappa shape index (κ3) is 8.35. The summed E-state index contributed by atoms with van der Waals surface area (Å²) >= 11 is 0. The van der Waals surface area contributed by atoms with Crippen LogP contribution in [0, 0.1) is 67.4 Å². The molecular formula is C45H40F2N8O8. The van der Waals surface area contributed by atoms with Gasteiger partial charge in [-0.15, -0.1) is 13.0 Å². The zero-order valence-electron chi connectivity index (χ0n) is 34.5. The first-order chi connectivity index (χ1) is 29.8. The van der Waals surface area contributed by atoms with Crippen LogP contribution in [0.3, 0.4) is 0 Å².